The van der Waals surface area contributed by atoms with Crippen molar-refractivity contribution in [3.05, 3.63) is 54.4 Å². The first kappa shape index (κ1) is 20.7. The molecular weight excluding hydrogens is 394 g/mol. The van der Waals surface area contributed by atoms with Crippen molar-refractivity contribution in [1.29, 1.82) is 0 Å². The van der Waals surface area contributed by atoms with E-state index in [0.29, 0.717) is 25.2 Å². The van der Waals surface area contributed by atoms with Gasteiger partial charge >= 0.3 is 6.03 Å². The molecule has 3 amide bonds. The summed E-state index contributed by atoms with van der Waals surface area (Å²) < 4.78 is 26.9. The lowest BCUT2D eigenvalue weighted by molar-refractivity contribution is -0.119. The van der Waals surface area contributed by atoms with E-state index in [9.17, 15) is 18.0 Å². The molecule has 9 nitrogen and oxygen atoms in total. The minimum Gasteiger partial charge on any atom is -0.352 e. The van der Waals surface area contributed by atoms with Gasteiger partial charge in [0.2, 0.25) is 15.9 Å². The van der Waals surface area contributed by atoms with Gasteiger partial charge in [-0.2, -0.15) is 4.31 Å². The number of pyridine rings is 1. The Bertz CT molecular complexity index is 964. The van der Waals surface area contributed by atoms with E-state index in [1.54, 1.807) is 18.5 Å². The van der Waals surface area contributed by atoms with Gasteiger partial charge in [-0.05, 0) is 42.3 Å². The number of amides is 3. The number of nitrogens with one attached hydrogen (secondary N) is 3. The Kier molecular flexibility index (Phi) is 6.45. The van der Waals surface area contributed by atoms with Crippen LogP contribution >= 0.6 is 0 Å². The summed E-state index contributed by atoms with van der Waals surface area (Å²) in [6, 6.07) is 9.05. The molecule has 1 aromatic carbocycles. The quantitative estimate of drug-likeness (QED) is 0.654. The summed E-state index contributed by atoms with van der Waals surface area (Å²) in [5.41, 5.74) is 1.34. The monoisotopic (exact) mass is 417 g/mol. The van der Waals surface area contributed by atoms with E-state index >= 15 is 0 Å². The number of benzene rings is 1. The van der Waals surface area contributed by atoms with E-state index in [0.717, 1.165) is 5.56 Å². The summed E-state index contributed by atoms with van der Waals surface area (Å²) in [5.74, 6) is -0.175. The molecule has 2 aromatic rings. The summed E-state index contributed by atoms with van der Waals surface area (Å²) in [4.78, 5) is 27.3. The second kappa shape index (κ2) is 9.01. The number of urea groups is 1. The highest BCUT2D eigenvalue weighted by atomic mass is 32.2. The summed E-state index contributed by atoms with van der Waals surface area (Å²) in [6.07, 6.45) is 3.89. The molecule has 1 aliphatic heterocycles. The third kappa shape index (κ3) is 5.52. The minimum absolute atomic E-state index is 0.141. The number of hydrogen-bond donors (Lipinski definition) is 3. The molecule has 0 bridgehead atoms. The maximum Gasteiger partial charge on any atom is 0.319 e. The molecule has 1 fully saturated rings. The van der Waals surface area contributed by atoms with Crippen LogP contribution in [0.15, 0.2) is 53.7 Å². The highest BCUT2D eigenvalue weighted by molar-refractivity contribution is 7.89. The van der Waals surface area contributed by atoms with Gasteiger partial charge in [-0.3, -0.25) is 9.78 Å². The van der Waals surface area contributed by atoms with Crippen molar-refractivity contribution in [2.45, 2.75) is 30.8 Å². The zero-order valence-corrected chi connectivity index (χ0v) is 16.8. The molecule has 3 N–H and O–H groups in total. The Morgan fingerprint density at radius 2 is 1.97 bits per heavy atom. The maximum atomic E-state index is 12.8. The molecule has 0 radical (unpaired) electrons. The number of aromatic nitrogens is 1. The van der Waals surface area contributed by atoms with E-state index in [2.05, 4.69) is 20.9 Å². The molecule has 1 aromatic heterocycles. The second-order valence-corrected chi connectivity index (χ2v) is 8.68. The Labute approximate surface area is 169 Å². The number of rotatable bonds is 6. The number of carbonyl (C=O) groups is 2. The summed E-state index contributed by atoms with van der Waals surface area (Å²) in [7, 11) is -3.65. The topological polar surface area (TPSA) is 121 Å². The Balaban J connectivity index is 1.56. The van der Waals surface area contributed by atoms with Gasteiger partial charge in [-0.1, -0.05) is 6.07 Å². The maximum absolute atomic E-state index is 12.8. The number of hydrogen-bond acceptors (Lipinski definition) is 5. The lowest BCUT2D eigenvalue weighted by Crippen LogP contribution is -2.37. The van der Waals surface area contributed by atoms with Crippen LogP contribution in [0.5, 0.6) is 0 Å². The molecular formula is C19H23N5O4S. The normalized spacial score (nSPS) is 16.9. The Hall–Kier alpha value is -2.98. The third-order valence-electron chi connectivity index (χ3n) is 4.48. The average molecular weight is 417 g/mol. The van der Waals surface area contributed by atoms with Crippen LogP contribution in [0.4, 0.5) is 10.5 Å². The third-order valence-corrected chi connectivity index (χ3v) is 6.36. The van der Waals surface area contributed by atoms with Crippen LogP contribution in [-0.4, -0.2) is 48.8 Å². The van der Waals surface area contributed by atoms with E-state index in [1.807, 2.05) is 6.07 Å². The summed E-state index contributed by atoms with van der Waals surface area (Å²) >= 11 is 0. The predicted octanol–water partition coefficient (Wildman–Crippen LogP) is 1.30. The van der Waals surface area contributed by atoms with Crippen LogP contribution in [0.1, 0.15) is 18.9 Å². The van der Waals surface area contributed by atoms with Crippen molar-refractivity contribution in [1.82, 2.24) is 19.9 Å². The molecule has 2 heterocycles. The van der Waals surface area contributed by atoms with Crippen LogP contribution in [-0.2, 0) is 21.4 Å². The van der Waals surface area contributed by atoms with Gasteiger partial charge in [0.25, 0.3) is 0 Å². The van der Waals surface area contributed by atoms with Gasteiger partial charge < -0.3 is 16.0 Å². The van der Waals surface area contributed by atoms with Crippen LogP contribution in [0.2, 0.25) is 0 Å². The largest absolute Gasteiger partial charge is 0.352 e. The lowest BCUT2D eigenvalue weighted by Gasteiger charge is -2.17. The van der Waals surface area contributed by atoms with Crippen molar-refractivity contribution in [2.75, 3.05) is 18.4 Å². The smallest absolute Gasteiger partial charge is 0.319 e. The first-order valence-corrected chi connectivity index (χ1v) is 10.6. The van der Waals surface area contributed by atoms with Gasteiger partial charge in [0.15, 0.2) is 0 Å². The summed E-state index contributed by atoms with van der Waals surface area (Å²) in [5, 5.41) is 8.12. The first-order chi connectivity index (χ1) is 13.8. The molecule has 1 saturated heterocycles. The molecule has 0 spiro atoms. The van der Waals surface area contributed by atoms with Crippen LogP contribution in [0, 0.1) is 0 Å². The van der Waals surface area contributed by atoms with Gasteiger partial charge in [0.05, 0.1) is 4.90 Å². The van der Waals surface area contributed by atoms with Crippen molar-refractivity contribution < 1.29 is 18.0 Å². The van der Waals surface area contributed by atoms with E-state index in [4.69, 9.17) is 0 Å². The van der Waals surface area contributed by atoms with Crippen LogP contribution in [0.25, 0.3) is 0 Å². The standard InChI is InChI=1S/C19H23N5O4S/c1-14(25)22-17-8-10-24(13-17)29(27,28)18-6-4-16(5-7-18)23-19(26)21-12-15-3-2-9-20-11-15/h2-7,9,11,17H,8,10,12-13H2,1H3,(H,22,25)(H2,21,23,26). The average Bonchev–Trinajstić information content (AvgIpc) is 3.16. The molecule has 1 unspecified atom stereocenters. The Morgan fingerprint density at radius 3 is 2.62 bits per heavy atom. The van der Waals surface area contributed by atoms with Gasteiger partial charge in [-0.25, -0.2) is 13.2 Å². The molecule has 0 saturated carbocycles. The summed E-state index contributed by atoms with van der Waals surface area (Å²) in [6.45, 7) is 2.34. The first-order valence-electron chi connectivity index (χ1n) is 9.15. The molecule has 0 aliphatic carbocycles. The van der Waals surface area contributed by atoms with Crippen molar-refractivity contribution in [2.24, 2.45) is 0 Å². The molecule has 154 valence electrons. The van der Waals surface area contributed by atoms with Gasteiger partial charge in [0, 0.05) is 50.7 Å². The molecule has 29 heavy (non-hydrogen) atoms. The fraction of sp³-hybridized carbons (Fsp3) is 0.316. The molecule has 3 rings (SSSR count). The van der Waals surface area contributed by atoms with E-state index in [-0.39, 0.29) is 23.4 Å². The molecule has 1 atom stereocenters. The van der Waals surface area contributed by atoms with Gasteiger partial charge in [0.1, 0.15) is 0 Å². The number of sulfonamides is 1. The van der Waals surface area contributed by atoms with Gasteiger partial charge in [-0.15, -0.1) is 0 Å². The van der Waals surface area contributed by atoms with Crippen molar-refractivity contribution in [3.8, 4) is 0 Å². The minimum atomic E-state index is -3.65. The molecule has 1 aliphatic rings. The second-order valence-electron chi connectivity index (χ2n) is 6.74. The Morgan fingerprint density at radius 1 is 1.21 bits per heavy atom. The number of nitrogens with zero attached hydrogens (tertiary/aromatic N) is 2. The predicted molar refractivity (Wildman–Crippen MR) is 108 cm³/mol. The number of anilines is 1. The highest BCUT2D eigenvalue weighted by Gasteiger charge is 2.32. The van der Waals surface area contributed by atoms with Crippen LogP contribution in [0.3, 0.4) is 0 Å². The van der Waals surface area contributed by atoms with E-state index in [1.165, 1.54) is 35.5 Å². The lowest BCUT2D eigenvalue weighted by atomic mass is 10.3. The highest BCUT2D eigenvalue weighted by Crippen LogP contribution is 2.22. The zero-order chi connectivity index (χ0) is 20.9. The SMILES string of the molecule is CC(=O)NC1CCN(S(=O)(=O)c2ccc(NC(=O)NCc3cccnc3)cc2)C1. The number of carbonyl (C=O) groups excluding carboxylic acids is 2. The fourth-order valence-corrected chi connectivity index (χ4v) is 4.57. The molecule has 10 heteroatoms. The zero-order valence-electron chi connectivity index (χ0n) is 16.0. The van der Waals surface area contributed by atoms with Crippen molar-refractivity contribution in [3.63, 3.8) is 0 Å². The van der Waals surface area contributed by atoms with Crippen molar-refractivity contribution >= 4 is 27.6 Å². The van der Waals surface area contributed by atoms with Crippen LogP contribution < -0.4 is 16.0 Å². The van der Waals surface area contributed by atoms with E-state index < -0.39 is 16.1 Å². The fourth-order valence-electron chi connectivity index (χ4n) is 3.07.